The average Bonchev–Trinajstić information content (AvgIpc) is 2.24. The molecular formula is C11H23NO3. The van der Waals surface area contributed by atoms with Crippen LogP contribution in [0.1, 0.15) is 20.3 Å². The third kappa shape index (κ3) is 3.72. The number of likely N-dealkylation sites (N-methyl/N-ethyl adjacent to an activating group) is 1. The normalized spacial score (nSPS) is 30.2. The maximum absolute atomic E-state index is 5.67. The molecule has 0 aromatic rings. The summed E-state index contributed by atoms with van der Waals surface area (Å²) in [5.41, 5.74) is 0. The second-order valence-electron chi connectivity index (χ2n) is 3.72. The van der Waals surface area contributed by atoms with Crippen molar-refractivity contribution in [2.24, 2.45) is 0 Å². The second-order valence-corrected chi connectivity index (χ2v) is 3.72. The van der Waals surface area contributed by atoms with Crippen molar-refractivity contribution in [2.45, 2.75) is 38.5 Å². The van der Waals surface area contributed by atoms with Crippen LogP contribution in [0.2, 0.25) is 0 Å². The van der Waals surface area contributed by atoms with E-state index in [2.05, 4.69) is 12.2 Å². The second kappa shape index (κ2) is 7.17. The van der Waals surface area contributed by atoms with Crippen molar-refractivity contribution in [1.29, 1.82) is 0 Å². The maximum Gasteiger partial charge on any atom is 0.0990 e. The Morgan fingerprint density at radius 3 is 2.60 bits per heavy atom. The number of methoxy groups -OCH3 is 1. The molecule has 15 heavy (non-hydrogen) atoms. The lowest BCUT2D eigenvalue weighted by Gasteiger charge is -2.44. The van der Waals surface area contributed by atoms with Gasteiger partial charge in [-0.1, -0.05) is 6.92 Å². The molecule has 3 unspecified atom stereocenters. The average molecular weight is 217 g/mol. The molecule has 4 heteroatoms. The van der Waals surface area contributed by atoms with Gasteiger partial charge in [-0.25, -0.2) is 0 Å². The van der Waals surface area contributed by atoms with Gasteiger partial charge in [0.1, 0.15) is 0 Å². The Hall–Kier alpha value is -0.160. The molecule has 0 aliphatic heterocycles. The van der Waals surface area contributed by atoms with Crippen LogP contribution in [0.3, 0.4) is 0 Å². The molecule has 0 aromatic carbocycles. The van der Waals surface area contributed by atoms with Gasteiger partial charge in [-0.2, -0.15) is 0 Å². The van der Waals surface area contributed by atoms with E-state index in [9.17, 15) is 0 Å². The topological polar surface area (TPSA) is 39.7 Å². The first-order chi connectivity index (χ1) is 7.33. The lowest BCUT2D eigenvalue weighted by Crippen LogP contribution is -2.60. The minimum Gasteiger partial charge on any atom is -0.382 e. The number of rotatable bonds is 8. The number of ether oxygens (including phenoxy) is 3. The van der Waals surface area contributed by atoms with Crippen LogP contribution >= 0.6 is 0 Å². The summed E-state index contributed by atoms with van der Waals surface area (Å²) in [6.45, 7) is 7.18. The summed E-state index contributed by atoms with van der Waals surface area (Å²) in [4.78, 5) is 0. The van der Waals surface area contributed by atoms with E-state index in [4.69, 9.17) is 14.2 Å². The van der Waals surface area contributed by atoms with E-state index in [0.717, 1.165) is 19.6 Å². The van der Waals surface area contributed by atoms with E-state index in [-0.39, 0.29) is 12.2 Å². The fraction of sp³-hybridized carbons (Fsp3) is 1.00. The van der Waals surface area contributed by atoms with Crippen molar-refractivity contribution >= 4 is 0 Å². The first kappa shape index (κ1) is 12.9. The van der Waals surface area contributed by atoms with E-state index in [1.54, 1.807) is 7.11 Å². The summed E-state index contributed by atoms with van der Waals surface area (Å²) in [5.74, 6) is 0. The van der Waals surface area contributed by atoms with Gasteiger partial charge in [-0.3, -0.25) is 0 Å². The summed E-state index contributed by atoms with van der Waals surface area (Å²) >= 11 is 0. The van der Waals surface area contributed by atoms with Crippen LogP contribution in [-0.2, 0) is 14.2 Å². The first-order valence-electron chi connectivity index (χ1n) is 5.79. The summed E-state index contributed by atoms with van der Waals surface area (Å²) < 4.78 is 16.3. The zero-order chi connectivity index (χ0) is 11.1. The van der Waals surface area contributed by atoms with E-state index >= 15 is 0 Å². The van der Waals surface area contributed by atoms with Crippen molar-refractivity contribution in [2.75, 3.05) is 33.5 Å². The van der Waals surface area contributed by atoms with Crippen LogP contribution in [0.25, 0.3) is 0 Å². The van der Waals surface area contributed by atoms with E-state index < -0.39 is 0 Å². The molecule has 1 fully saturated rings. The third-order valence-corrected chi connectivity index (χ3v) is 2.69. The Morgan fingerprint density at radius 2 is 2.00 bits per heavy atom. The molecule has 1 N–H and O–H groups in total. The molecule has 1 aliphatic carbocycles. The molecule has 90 valence electrons. The molecule has 4 nitrogen and oxygen atoms in total. The molecule has 0 saturated heterocycles. The molecule has 0 bridgehead atoms. The van der Waals surface area contributed by atoms with Crippen molar-refractivity contribution in [3.05, 3.63) is 0 Å². The predicted octanol–water partition coefficient (Wildman–Crippen LogP) is 0.805. The number of nitrogens with one attached hydrogen (secondary N) is 1. The summed E-state index contributed by atoms with van der Waals surface area (Å²) in [5, 5.41) is 3.40. The van der Waals surface area contributed by atoms with E-state index in [1.807, 2.05) is 6.92 Å². The minimum absolute atomic E-state index is 0.215. The highest BCUT2D eigenvalue weighted by Crippen LogP contribution is 2.27. The fourth-order valence-electron chi connectivity index (χ4n) is 1.91. The van der Waals surface area contributed by atoms with Gasteiger partial charge in [0.2, 0.25) is 0 Å². The Kier molecular flexibility index (Phi) is 6.17. The van der Waals surface area contributed by atoms with Gasteiger partial charge < -0.3 is 19.5 Å². The Morgan fingerprint density at radius 1 is 1.20 bits per heavy atom. The Bertz CT molecular complexity index is 164. The van der Waals surface area contributed by atoms with Gasteiger partial charge in [0.15, 0.2) is 0 Å². The van der Waals surface area contributed by atoms with Crippen LogP contribution in [0.5, 0.6) is 0 Å². The van der Waals surface area contributed by atoms with E-state index in [1.165, 1.54) is 0 Å². The summed E-state index contributed by atoms with van der Waals surface area (Å²) in [6, 6.07) is 0.461. The quantitative estimate of drug-likeness (QED) is 0.611. The molecule has 1 saturated carbocycles. The predicted molar refractivity (Wildman–Crippen MR) is 59.1 cm³/mol. The maximum atomic E-state index is 5.67. The lowest BCUT2D eigenvalue weighted by molar-refractivity contribution is -0.149. The highest BCUT2D eigenvalue weighted by atomic mass is 16.6. The SMILES string of the molecule is CCNC1CC(OCCOC)C1OCC. The van der Waals surface area contributed by atoms with Crippen LogP contribution in [0.15, 0.2) is 0 Å². The van der Waals surface area contributed by atoms with Crippen LogP contribution in [-0.4, -0.2) is 51.7 Å². The molecule has 1 aliphatic rings. The largest absolute Gasteiger partial charge is 0.382 e. The summed E-state index contributed by atoms with van der Waals surface area (Å²) in [6.07, 6.45) is 1.50. The third-order valence-electron chi connectivity index (χ3n) is 2.69. The molecule has 0 radical (unpaired) electrons. The first-order valence-corrected chi connectivity index (χ1v) is 5.79. The standard InChI is InChI=1S/C11H23NO3/c1-4-12-9-8-10(11(9)14-5-2)15-7-6-13-3/h9-12H,4-8H2,1-3H3. The number of hydrogen-bond donors (Lipinski definition) is 1. The van der Waals surface area contributed by atoms with Crippen LogP contribution in [0, 0.1) is 0 Å². The van der Waals surface area contributed by atoms with Crippen molar-refractivity contribution < 1.29 is 14.2 Å². The van der Waals surface area contributed by atoms with E-state index in [0.29, 0.717) is 19.3 Å². The van der Waals surface area contributed by atoms with Gasteiger partial charge in [-0.15, -0.1) is 0 Å². The highest BCUT2D eigenvalue weighted by Gasteiger charge is 2.41. The van der Waals surface area contributed by atoms with Gasteiger partial charge in [-0.05, 0) is 19.9 Å². The van der Waals surface area contributed by atoms with Crippen molar-refractivity contribution in [3.8, 4) is 0 Å². The lowest BCUT2D eigenvalue weighted by atomic mass is 9.85. The fourth-order valence-corrected chi connectivity index (χ4v) is 1.91. The van der Waals surface area contributed by atoms with Crippen molar-refractivity contribution in [3.63, 3.8) is 0 Å². The summed E-state index contributed by atoms with van der Waals surface area (Å²) in [7, 11) is 1.69. The zero-order valence-electron chi connectivity index (χ0n) is 9.99. The highest BCUT2D eigenvalue weighted by molar-refractivity contribution is 4.97. The molecule has 0 heterocycles. The minimum atomic E-state index is 0.215. The molecule has 0 amide bonds. The van der Waals surface area contributed by atoms with Crippen LogP contribution in [0.4, 0.5) is 0 Å². The number of hydrogen-bond acceptors (Lipinski definition) is 4. The molecular weight excluding hydrogens is 194 g/mol. The smallest absolute Gasteiger partial charge is 0.0990 e. The Balaban J connectivity index is 2.21. The van der Waals surface area contributed by atoms with Crippen LogP contribution < -0.4 is 5.32 Å². The Labute approximate surface area is 92.3 Å². The molecule has 1 rings (SSSR count). The van der Waals surface area contributed by atoms with Gasteiger partial charge in [0.05, 0.1) is 25.4 Å². The molecule has 0 aromatic heterocycles. The van der Waals surface area contributed by atoms with Crippen molar-refractivity contribution in [1.82, 2.24) is 5.32 Å². The monoisotopic (exact) mass is 217 g/mol. The molecule has 3 atom stereocenters. The zero-order valence-corrected chi connectivity index (χ0v) is 9.99. The van der Waals surface area contributed by atoms with Gasteiger partial charge in [0, 0.05) is 19.8 Å². The van der Waals surface area contributed by atoms with Gasteiger partial charge in [0.25, 0.3) is 0 Å². The molecule has 0 spiro atoms. The van der Waals surface area contributed by atoms with Gasteiger partial charge >= 0.3 is 0 Å².